The van der Waals surface area contributed by atoms with Gasteiger partial charge in [-0.25, -0.2) is 4.98 Å². The number of rotatable bonds is 6. The average molecular weight is 405 g/mol. The SMILES string of the molecule is CCCC1CCN(C(=O)c2cccc(CCc3c(Cl)cccc3Cl)n2)CC1. The van der Waals surface area contributed by atoms with Crippen molar-refractivity contribution >= 4 is 29.1 Å². The molecule has 1 amide bonds. The number of carbonyl (C=O) groups is 1. The molecule has 1 aromatic carbocycles. The van der Waals surface area contributed by atoms with Gasteiger partial charge in [0, 0.05) is 28.8 Å². The summed E-state index contributed by atoms with van der Waals surface area (Å²) in [5, 5.41) is 1.34. The van der Waals surface area contributed by atoms with Gasteiger partial charge in [-0.05, 0) is 61.4 Å². The number of pyridine rings is 1. The van der Waals surface area contributed by atoms with Crippen molar-refractivity contribution in [1.82, 2.24) is 9.88 Å². The van der Waals surface area contributed by atoms with Crippen LogP contribution in [0.3, 0.4) is 0 Å². The van der Waals surface area contributed by atoms with Crippen LogP contribution in [0.15, 0.2) is 36.4 Å². The first-order valence-electron chi connectivity index (χ1n) is 9.76. The van der Waals surface area contributed by atoms with E-state index >= 15 is 0 Å². The monoisotopic (exact) mass is 404 g/mol. The first kappa shape index (κ1) is 20.2. The van der Waals surface area contributed by atoms with E-state index in [1.54, 1.807) is 0 Å². The number of amides is 1. The van der Waals surface area contributed by atoms with Gasteiger partial charge in [0.15, 0.2) is 0 Å². The minimum atomic E-state index is 0.0441. The Labute approximate surface area is 171 Å². The van der Waals surface area contributed by atoms with E-state index in [1.807, 2.05) is 41.3 Å². The number of likely N-dealkylation sites (tertiary alicyclic amines) is 1. The van der Waals surface area contributed by atoms with Crippen LogP contribution in [-0.2, 0) is 12.8 Å². The Morgan fingerprint density at radius 2 is 1.74 bits per heavy atom. The first-order chi connectivity index (χ1) is 13.1. The van der Waals surface area contributed by atoms with Crippen molar-refractivity contribution in [2.75, 3.05) is 13.1 Å². The lowest BCUT2D eigenvalue weighted by Crippen LogP contribution is -2.38. The van der Waals surface area contributed by atoms with Crippen molar-refractivity contribution < 1.29 is 4.79 Å². The summed E-state index contributed by atoms with van der Waals surface area (Å²) in [6.45, 7) is 3.90. The predicted octanol–water partition coefficient (Wildman–Crippen LogP) is 5.83. The van der Waals surface area contributed by atoms with E-state index in [-0.39, 0.29) is 5.91 Å². The maximum Gasteiger partial charge on any atom is 0.272 e. The third kappa shape index (κ3) is 5.24. The van der Waals surface area contributed by atoms with Crippen LogP contribution >= 0.6 is 23.2 Å². The Morgan fingerprint density at radius 1 is 1.07 bits per heavy atom. The number of hydrogen-bond acceptors (Lipinski definition) is 2. The normalized spacial score (nSPS) is 15.1. The molecule has 0 N–H and O–H groups in total. The van der Waals surface area contributed by atoms with E-state index < -0.39 is 0 Å². The molecule has 27 heavy (non-hydrogen) atoms. The summed E-state index contributed by atoms with van der Waals surface area (Å²) < 4.78 is 0. The molecule has 1 aliphatic rings. The van der Waals surface area contributed by atoms with Gasteiger partial charge in [0.05, 0.1) is 0 Å². The Morgan fingerprint density at radius 3 is 2.41 bits per heavy atom. The van der Waals surface area contributed by atoms with Crippen molar-refractivity contribution in [3.8, 4) is 0 Å². The van der Waals surface area contributed by atoms with Crippen molar-refractivity contribution in [3.05, 3.63) is 63.4 Å². The third-order valence-electron chi connectivity index (χ3n) is 5.32. The van der Waals surface area contributed by atoms with Gasteiger partial charge in [0.25, 0.3) is 5.91 Å². The van der Waals surface area contributed by atoms with E-state index in [2.05, 4.69) is 11.9 Å². The smallest absolute Gasteiger partial charge is 0.272 e. The van der Waals surface area contributed by atoms with Crippen molar-refractivity contribution in [2.24, 2.45) is 5.92 Å². The lowest BCUT2D eigenvalue weighted by molar-refractivity contribution is 0.0680. The van der Waals surface area contributed by atoms with E-state index in [1.165, 1.54) is 12.8 Å². The van der Waals surface area contributed by atoms with Gasteiger partial charge in [-0.2, -0.15) is 0 Å². The summed E-state index contributed by atoms with van der Waals surface area (Å²) in [6.07, 6.45) is 6.08. The van der Waals surface area contributed by atoms with Gasteiger partial charge >= 0.3 is 0 Å². The van der Waals surface area contributed by atoms with Crippen molar-refractivity contribution in [2.45, 2.75) is 45.4 Å². The zero-order valence-electron chi connectivity index (χ0n) is 15.8. The molecule has 2 aromatic rings. The van der Waals surface area contributed by atoms with E-state index in [0.29, 0.717) is 28.6 Å². The van der Waals surface area contributed by atoms with Crippen molar-refractivity contribution in [1.29, 1.82) is 0 Å². The minimum Gasteiger partial charge on any atom is -0.337 e. The maximum absolute atomic E-state index is 12.8. The Balaban J connectivity index is 1.63. The van der Waals surface area contributed by atoms with E-state index in [4.69, 9.17) is 23.2 Å². The van der Waals surface area contributed by atoms with Crippen molar-refractivity contribution in [3.63, 3.8) is 0 Å². The molecule has 3 nitrogen and oxygen atoms in total. The molecule has 0 radical (unpaired) electrons. The van der Waals surface area contributed by atoms with Gasteiger partial charge in [-0.15, -0.1) is 0 Å². The van der Waals surface area contributed by atoms with Crippen LogP contribution in [-0.4, -0.2) is 28.9 Å². The summed E-state index contributed by atoms with van der Waals surface area (Å²) in [6, 6.07) is 11.2. The quantitative estimate of drug-likeness (QED) is 0.606. The topological polar surface area (TPSA) is 33.2 Å². The van der Waals surface area contributed by atoms with Crippen LogP contribution in [0.2, 0.25) is 10.0 Å². The van der Waals surface area contributed by atoms with Crippen LogP contribution in [0.25, 0.3) is 0 Å². The Bertz CT molecular complexity index is 765. The summed E-state index contributed by atoms with van der Waals surface area (Å²) in [5.74, 6) is 0.807. The Kier molecular flexibility index (Phi) is 7.14. The molecule has 1 saturated heterocycles. The number of benzene rings is 1. The fourth-order valence-corrected chi connectivity index (χ4v) is 4.34. The number of halogens is 2. The summed E-state index contributed by atoms with van der Waals surface area (Å²) in [7, 11) is 0. The molecule has 1 aromatic heterocycles. The van der Waals surface area contributed by atoms with Crippen LogP contribution in [0, 0.1) is 5.92 Å². The molecule has 0 unspecified atom stereocenters. The zero-order valence-corrected chi connectivity index (χ0v) is 17.3. The van der Waals surface area contributed by atoms with Gasteiger partial charge < -0.3 is 4.90 Å². The van der Waals surface area contributed by atoms with Gasteiger partial charge in [0.1, 0.15) is 5.69 Å². The molecule has 3 rings (SSSR count). The number of piperidine rings is 1. The molecule has 1 aliphatic heterocycles. The summed E-state index contributed by atoms with van der Waals surface area (Å²) >= 11 is 12.5. The van der Waals surface area contributed by atoms with Crippen LogP contribution in [0.5, 0.6) is 0 Å². The number of hydrogen-bond donors (Lipinski definition) is 0. The van der Waals surface area contributed by atoms with Gasteiger partial charge in [-0.1, -0.05) is 55.1 Å². The van der Waals surface area contributed by atoms with Gasteiger partial charge in [0.2, 0.25) is 0 Å². The second-order valence-corrected chi connectivity index (χ2v) is 8.05. The largest absolute Gasteiger partial charge is 0.337 e. The summed E-state index contributed by atoms with van der Waals surface area (Å²) in [4.78, 5) is 19.4. The molecule has 0 bridgehead atoms. The lowest BCUT2D eigenvalue weighted by atomic mass is 9.92. The predicted molar refractivity (Wildman–Crippen MR) is 112 cm³/mol. The standard InChI is InChI=1S/C22H26Cl2N2O/c1-2-5-16-12-14-26(15-13-16)22(27)21-9-3-6-17(25-21)10-11-18-19(23)7-4-8-20(18)24/h3-4,6-9,16H,2,5,10-15H2,1H3. The fourth-order valence-electron chi connectivity index (χ4n) is 3.76. The molecule has 1 fully saturated rings. The van der Waals surface area contributed by atoms with Gasteiger partial charge in [-0.3, -0.25) is 4.79 Å². The highest BCUT2D eigenvalue weighted by Gasteiger charge is 2.24. The Hall–Kier alpha value is -1.58. The van der Waals surface area contributed by atoms with E-state index in [0.717, 1.165) is 43.1 Å². The maximum atomic E-state index is 12.8. The fraction of sp³-hybridized carbons (Fsp3) is 0.455. The van der Waals surface area contributed by atoms with E-state index in [9.17, 15) is 4.79 Å². The lowest BCUT2D eigenvalue weighted by Gasteiger charge is -2.31. The zero-order chi connectivity index (χ0) is 19.2. The molecule has 0 spiro atoms. The van der Waals surface area contributed by atoms with Crippen LogP contribution in [0.4, 0.5) is 0 Å². The number of carbonyl (C=O) groups excluding carboxylic acids is 1. The summed E-state index contributed by atoms with van der Waals surface area (Å²) in [5.41, 5.74) is 2.35. The molecule has 5 heteroatoms. The molecular weight excluding hydrogens is 379 g/mol. The number of aryl methyl sites for hydroxylation is 1. The second-order valence-electron chi connectivity index (χ2n) is 7.24. The van der Waals surface area contributed by atoms with Crippen LogP contribution < -0.4 is 0 Å². The third-order valence-corrected chi connectivity index (χ3v) is 6.03. The highest BCUT2D eigenvalue weighted by atomic mass is 35.5. The molecule has 144 valence electrons. The molecule has 0 saturated carbocycles. The van der Waals surface area contributed by atoms with Crippen LogP contribution in [0.1, 0.15) is 54.4 Å². The molecule has 2 heterocycles. The average Bonchev–Trinajstić information content (AvgIpc) is 2.68. The highest BCUT2D eigenvalue weighted by molar-refractivity contribution is 6.35. The second kappa shape index (κ2) is 9.57. The minimum absolute atomic E-state index is 0.0441. The number of aromatic nitrogens is 1. The first-order valence-corrected chi connectivity index (χ1v) is 10.5. The molecular formula is C22H26Cl2N2O. The number of nitrogens with zero attached hydrogens (tertiary/aromatic N) is 2. The molecule has 0 aliphatic carbocycles. The highest BCUT2D eigenvalue weighted by Crippen LogP contribution is 2.26. The molecule has 0 atom stereocenters.